The monoisotopic (exact) mass is 240 g/mol. The molecule has 88 valence electrons. The third kappa shape index (κ3) is 3.79. The normalized spacial score (nSPS) is 12.4. The Morgan fingerprint density at radius 2 is 2.31 bits per heavy atom. The lowest BCUT2D eigenvalue weighted by molar-refractivity contribution is 0.289. The molecule has 0 aliphatic heterocycles. The summed E-state index contributed by atoms with van der Waals surface area (Å²) in [5.41, 5.74) is 6.63. The first-order chi connectivity index (χ1) is 7.52. The number of nitrogens with two attached hydrogens (primary N) is 1. The number of aliphatic hydroxyl groups is 1. The largest absolute Gasteiger partial charge is 0.396 e. The van der Waals surface area contributed by atoms with Crippen LogP contribution in [-0.2, 0) is 0 Å². The lowest BCUT2D eigenvalue weighted by Gasteiger charge is -2.09. The van der Waals surface area contributed by atoms with Crippen LogP contribution < -0.4 is 5.73 Å². The Labute approximate surface area is 99.0 Å². The molecule has 0 aromatic carbocycles. The average molecular weight is 240 g/mol. The highest BCUT2D eigenvalue weighted by atomic mass is 32.2. The molecule has 1 aromatic heterocycles. The van der Waals surface area contributed by atoms with Gasteiger partial charge in [-0.2, -0.15) is 0 Å². The number of nitrogens with zero attached hydrogens (tertiary/aromatic N) is 2. The topological polar surface area (TPSA) is 95.9 Å². The number of aromatic nitrogens is 2. The Hall–Kier alpha value is -1.14. The van der Waals surface area contributed by atoms with E-state index in [9.17, 15) is 0 Å². The molecule has 0 amide bonds. The Bertz CT molecular complexity index is 383. The molecule has 0 fully saturated rings. The highest BCUT2D eigenvalue weighted by molar-refractivity contribution is 7.99. The first-order valence-electron chi connectivity index (χ1n) is 5.00. The second-order valence-electron chi connectivity index (χ2n) is 3.53. The molecule has 1 unspecified atom stereocenters. The van der Waals surface area contributed by atoms with E-state index in [0.717, 1.165) is 5.69 Å². The van der Waals surface area contributed by atoms with Crippen molar-refractivity contribution >= 4 is 17.6 Å². The van der Waals surface area contributed by atoms with Gasteiger partial charge in [0.2, 0.25) is 0 Å². The van der Waals surface area contributed by atoms with Crippen LogP contribution in [0.25, 0.3) is 0 Å². The van der Waals surface area contributed by atoms with Gasteiger partial charge in [-0.3, -0.25) is 5.41 Å². The fraction of sp³-hybridized carbons (Fsp3) is 0.500. The highest BCUT2D eigenvalue weighted by Gasteiger charge is 2.09. The van der Waals surface area contributed by atoms with E-state index in [4.69, 9.17) is 16.2 Å². The number of nitrogens with one attached hydrogen (secondary N) is 1. The number of rotatable bonds is 5. The van der Waals surface area contributed by atoms with Crippen molar-refractivity contribution in [3.05, 3.63) is 17.5 Å². The molecule has 0 aliphatic rings. The maximum absolute atomic E-state index is 8.80. The second-order valence-corrected chi connectivity index (χ2v) is 4.94. The van der Waals surface area contributed by atoms with Crippen LogP contribution >= 0.6 is 11.8 Å². The molecule has 16 heavy (non-hydrogen) atoms. The number of hydrogen-bond donors (Lipinski definition) is 3. The van der Waals surface area contributed by atoms with E-state index in [0.29, 0.717) is 17.3 Å². The van der Waals surface area contributed by atoms with Crippen LogP contribution in [0.5, 0.6) is 0 Å². The van der Waals surface area contributed by atoms with Gasteiger partial charge in [-0.05, 0) is 19.4 Å². The number of amidine groups is 1. The average Bonchev–Trinajstić information content (AvgIpc) is 2.16. The number of aliphatic hydroxyl groups excluding tert-OH is 1. The molecule has 4 N–H and O–H groups in total. The zero-order valence-electron chi connectivity index (χ0n) is 9.40. The third-order valence-electron chi connectivity index (χ3n) is 1.95. The van der Waals surface area contributed by atoms with Gasteiger partial charge in [-0.25, -0.2) is 9.97 Å². The zero-order valence-corrected chi connectivity index (χ0v) is 10.2. The summed E-state index contributed by atoms with van der Waals surface area (Å²) in [5.74, 6) is -0.0536. The van der Waals surface area contributed by atoms with E-state index in [1.165, 1.54) is 11.8 Å². The highest BCUT2D eigenvalue weighted by Crippen LogP contribution is 2.21. The molecular formula is C10H16N4OS. The molecule has 1 rings (SSSR count). The molecule has 0 bridgehead atoms. The van der Waals surface area contributed by atoms with E-state index in [1.807, 2.05) is 13.8 Å². The summed E-state index contributed by atoms with van der Waals surface area (Å²) in [6, 6.07) is 1.68. The van der Waals surface area contributed by atoms with Gasteiger partial charge in [0.15, 0.2) is 5.16 Å². The first-order valence-corrected chi connectivity index (χ1v) is 5.88. The smallest absolute Gasteiger partial charge is 0.188 e. The van der Waals surface area contributed by atoms with Gasteiger partial charge >= 0.3 is 0 Å². The molecule has 0 saturated heterocycles. The van der Waals surface area contributed by atoms with E-state index in [1.54, 1.807) is 6.07 Å². The Morgan fingerprint density at radius 1 is 1.62 bits per heavy atom. The Kier molecular flexibility index (Phi) is 4.70. The number of hydrogen-bond acceptors (Lipinski definition) is 5. The zero-order chi connectivity index (χ0) is 12.1. The van der Waals surface area contributed by atoms with Crippen LogP contribution in [0, 0.1) is 12.3 Å². The third-order valence-corrected chi connectivity index (χ3v) is 2.98. The molecule has 0 radical (unpaired) electrons. The van der Waals surface area contributed by atoms with Crippen molar-refractivity contribution < 1.29 is 5.11 Å². The predicted octanol–water partition coefficient (Wildman–Crippen LogP) is 0.932. The minimum atomic E-state index is -0.0536. The summed E-state index contributed by atoms with van der Waals surface area (Å²) in [6.45, 7) is 3.99. The maximum Gasteiger partial charge on any atom is 0.188 e. The SMILES string of the molecule is Cc1cc(C(=N)N)nc(SC(C)CCO)n1. The van der Waals surface area contributed by atoms with E-state index < -0.39 is 0 Å². The fourth-order valence-electron chi connectivity index (χ4n) is 1.15. The summed E-state index contributed by atoms with van der Waals surface area (Å²) in [5, 5.41) is 17.0. The molecule has 5 nitrogen and oxygen atoms in total. The van der Waals surface area contributed by atoms with Crippen LogP contribution in [0.3, 0.4) is 0 Å². The van der Waals surface area contributed by atoms with Gasteiger partial charge in [0.25, 0.3) is 0 Å². The van der Waals surface area contributed by atoms with Gasteiger partial charge in [-0.1, -0.05) is 18.7 Å². The maximum atomic E-state index is 8.80. The molecule has 0 spiro atoms. The molecule has 0 aliphatic carbocycles. The van der Waals surface area contributed by atoms with E-state index in [-0.39, 0.29) is 17.7 Å². The van der Waals surface area contributed by atoms with Crippen molar-refractivity contribution in [2.45, 2.75) is 30.7 Å². The number of aryl methyl sites for hydroxylation is 1. The summed E-state index contributed by atoms with van der Waals surface area (Å²) in [7, 11) is 0. The van der Waals surface area contributed by atoms with Crippen LogP contribution in [0.2, 0.25) is 0 Å². The van der Waals surface area contributed by atoms with Crippen molar-refractivity contribution in [3.8, 4) is 0 Å². The lowest BCUT2D eigenvalue weighted by Crippen LogP contribution is -2.15. The van der Waals surface area contributed by atoms with Crippen molar-refractivity contribution in [2.75, 3.05) is 6.61 Å². The molecule has 1 heterocycles. The molecule has 6 heteroatoms. The predicted molar refractivity (Wildman–Crippen MR) is 64.8 cm³/mol. The van der Waals surface area contributed by atoms with Crippen molar-refractivity contribution in [3.63, 3.8) is 0 Å². The summed E-state index contributed by atoms with van der Waals surface area (Å²) >= 11 is 1.48. The standard InChI is InChI=1S/C10H16N4OS/c1-6-5-8(9(11)12)14-10(13-6)16-7(2)3-4-15/h5,7,15H,3-4H2,1-2H3,(H3,11,12). The van der Waals surface area contributed by atoms with E-state index in [2.05, 4.69) is 9.97 Å². The summed E-state index contributed by atoms with van der Waals surface area (Å²) in [6.07, 6.45) is 0.692. The van der Waals surface area contributed by atoms with Gasteiger partial charge < -0.3 is 10.8 Å². The van der Waals surface area contributed by atoms with Gasteiger partial charge in [0, 0.05) is 17.6 Å². The van der Waals surface area contributed by atoms with Crippen LogP contribution in [0.1, 0.15) is 24.7 Å². The minimum absolute atomic E-state index is 0.0536. The molecule has 1 aromatic rings. The van der Waals surface area contributed by atoms with Gasteiger partial charge in [0.1, 0.15) is 11.5 Å². The molecule has 0 saturated carbocycles. The van der Waals surface area contributed by atoms with Crippen LogP contribution in [-0.4, -0.2) is 32.8 Å². The van der Waals surface area contributed by atoms with Crippen molar-refractivity contribution in [2.24, 2.45) is 5.73 Å². The first kappa shape index (κ1) is 12.9. The van der Waals surface area contributed by atoms with Crippen molar-refractivity contribution in [1.29, 1.82) is 5.41 Å². The minimum Gasteiger partial charge on any atom is -0.396 e. The van der Waals surface area contributed by atoms with Crippen LogP contribution in [0.15, 0.2) is 11.2 Å². The number of nitrogen functional groups attached to an aromatic ring is 1. The molecule has 1 atom stereocenters. The van der Waals surface area contributed by atoms with Gasteiger partial charge in [-0.15, -0.1) is 0 Å². The summed E-state index contributed by atoms with van der Waals surface area (Å²) < 4.78 is 0. The van der Waals surface area contributed by atoms with E-state index >= 15 is 0 Å². The second kappa shape index (κ2) is 5.81. The quantitative estimate of drug-likeness (QED) is 0.308. The number of thioether (sulfide) groups is 1. The van der Waals surface area contributed by atoms with Gasteiger partial charge in [0.05, 0.1) is 0 Å². The molecular weight excluding hydrogens is 224 g/mol. The van der Waals surface area contributed by atoms with Crippen molar-refractivity contribution in [1.82, 2.24) is 9.97 Å². The Balaban J connectivity index is 2.84. The summed E-state index contributed by atoms with van der Waals surface area (Å²) in [4.78, 5) is 8.43. The van der Waals surface area contributed by atoms with Crippen LogP contribution in [0.4, 0.5) is 0 Å². The Morgan fingerprint density at radius 3 is 2.88 bits per heavy atom. The fourth-order valence-corrected chi connectivity index (χ4v) is 2.08. The lowest BCUT2D eigenvalue weighted by atomic mass is 10.3.